The van der Waals surface area contributed by atoms with Gasteiger partial charge in [0.25, 0.3) is 0 Å². The Kier molecular flexibility index (Phi) is 15.5. The van der Waals surface area contributed by atoms with Gasteiger partial charge < -0.3 is 88.6 Å². The van der Waals surface area contributed by atoms with Gasteiger partial charge in [0.2, 0.25) is 0 Å². The molecular formula is C31H48O19. The molecule has 9 N–H and O–H groups in total. The van der Waals surface area contributed by atoms with Crippen LogP contribution in [0.5, 0.6) is 5.75 Å². The average Bonchev–Trinajstić information content (AvgIpc) is 3.11. The van der Waals surface area contributed by atoms with Crippen molar-refractivity contribution in [3.05, 3.63) is 30.3 Å². The molecule has 19 nitrogen and oxygen atoms in total. The fourth-order valence-corrected chi connectivity index (χ4v) is 5.68. The number of carboxylic acid groups (broad SMARTS) is 1. The van der Waals surface area contributed by atoms with E-state index in [0.29, 0.717) is 5.75 Å². The molecule has 3 saturated heterocycles. The summed E-state index contributed by atoms with van der Waals surface area (Å²) in [5.74, 6) is -0.885. The topological polar surface area (TPSA) is 282 Å². The van der Waals surface area contributed by atoms with Gasteiger partial charge in [-0.2, -0.15) is 0 Å². The maximum Gasteiger partial charge on any atom is 0.329 e. The molecule has 0 saturated carbocycles. The highest BCUT2D eigenvalue weighted by Crippen LogP contribution is 2.30. The van der Waals surface area contributed by atoms with E-state index in [1.807, 2.05) is 0 Å². The highest BCUT2D eigenvalue weighted by Gasteiger charge is 2.50. The largest absolute Gasteiger partial charge is 0.491 e. The van der Waals surface area contributed by atoms with Crippen LogP contribution in [0, 0.1) is 0 Å². The summed E-state index contributed by atoms with van der Waals surface area (Å²) in [6, 6.07) is 8.72. The first-order valence-electron chi connectivity index (χ1n) is 16.2. The minimum Gasteiger partial charge on any atom is -0.491 e. The van der Waals surface area contributed by atoms with Gasteiger partial charge >= 0.3 is 5.97 Å². The van der Waals surface area contributed by atoms with Gasteiger partial charge in [-0.1, -0.05) is 25.1 Å². The normalized spacial score (nSPS) is 39.9. The van der Waals surface area contributed by atoms with Gasteiger partial charge in [-0.3, -0.25) is 0 Å². The van der Waals surface area contributed by atoms with Gasteiger partial charge in [-0.05, 0) is 18.6 Å². The molecule has 3 aliphatic rings. The van der Waals surface area contributed by atoms with Crippen molar-refractivity contribution in [1.82, 2.24) is 0 Å². The van der Waals surface area contributed by atoms with Gasteiger partial charge in [0, 0.05) is 7.11 Å². The molecule has 3 fully saturated rings. The number of carbonyl (C=O) groups is 1. The fraction of sp³-hybridized carbons (Fsp3) is 0.774. The lowest BCUT2D eigenvalue weighted by Gasteiger charge is -2.45. The van der Waals surface area contributed by atoms with Gasteiger partial charge in [-0.25, -0.2) is 4.79 Å². The first-order valence-corrected chi connectivity index (χ1v) is 16.2. The minimum atomic E-state index is -1.80. The molecule has 0 aromatic heterocycles. The first kappa shape index (κ1) is 40.6. The predicted molar refractivity (Wildman–Crippen MR) is 162 cm³/mol. The van der Waals surface area contributed by atoms with Gasteiger partial charge in [0.05, 0.1) is 25.9 Å². The maximum atomic E-state index is 11.2. The van der Waals surface area contributed by atoms with Crippen LogP contribution in [0.4, 0.5) is 0 Å². The number of rotatable bonds is 17. The summed E-state index contributed by atoms with van der Waals surface area (Å²) in [6.45, 7) is -0.792. The molecule has 3 heterocycles. The van der Waals surface area contributed by atoms with E-state index in [4.69, 9.17) is 47.7 Å². The number of para-hydroxylation sites is 1. The van der Waals surface area contributed by atoms with Crippen LogP contribution in [0.1, 0.15) is 13.3 Å². The van der Waals surface area contributed by atoms with Crippen LogP contribution in [0.25, 0.3) is 0 Å². The fourth-order valence-electron chi connectivity index (χ4n) is 5.68. The van der Waals surface area contributed by atoms with Crippen molar-refractivity contribution in [2.75, 3.05) is 40.1 Å². The van der Waals surface area contributed by atoms with Crippen molar-refractivity contribution in [2.45, 2.75) is 112 Å². The molecule has 0 amide bonds. The second kappa shape index (κ2) is 19.1. The number of methoxy groups -OCH3 is 1. The molecule has 7 unspecified atom stereocenters. The predicted octanol–water partition coefficient (Wildman–Crippen LogP) is -3.93. The average molecular weight is 725 g/mol. The maximum absolute atomic E-state index is 11.2. The molecule has 0 radical (unpaired) electrons. The SMILES string of the molecule is CCC1O[C@H](OCC2O[C@H](OCC3O[C@H](OC)[C@@H](O)C(O)[C@@H]3O)[C@@H](OCC(=O)O)C(O)[C@@H]2O)[C@@H](OCC(O)COc2ccccc2)C(O)[C@@H]1O. The Morgan fingerprint density at radius 2 is 1.20 bits per heavy atom. The van der Waals surface area contributed by atoms with Crippen LogP contribution in [-0.4, -0.2) is 190 Å². The summed E-state index contributed by atoms with van der Waals surface area (Å²) in [5.41, 5.74) is 0. The molecule has 16 atom stereocenters. The molecule has 1 aromatic carbocycles. The van der Waals surface area contributed by atoms with Crippen LogP contribution in [-0.2, 0) is 42.7 Å². The van der Waals surface area contributed by atoms with Crippen LogP contribution >= 0.6 is 0 Å². The third kappa shape index (κ3) is 10.3. The number of hydrogen-bond donors (Lipinski definition) is 9. The third-order valence-electron chi connectivity index (χ3n) is 8.51. The lowest BCUT2D eigenvalue weighted by Crippen LogP contribution is -2.63. The molecule has 19 heteroatoms. The molecular weight excluding hydrogens is 676 g/mol. The molecule has 4 rings (SSSR count). The molecule has 3 aliphatic heterocycles. The van der Waals surface area contributed by atoms with Crippen molar-refractivity contribution in [3.63, 3.8) is 0 Å². The molecule has 50 heavy (non-hydrogen) atoms. The Morgan fingerprint density at radius 1 is 0.680 bits per heavy atom. The summed E-state index contributed by atoms with van der Waals surface area (Å²) in [7, 11) is 1.20. The number of aliphatic carboxylic acids is 1. The van der Waals surface area contributed by atoms with Crippen LogP contribution < -0.4 is 4.74 Å². The Hall–Kier alpha value is -2.15. The van der Waals surface area contributed by atoms with Crippen LogP contribution in [0.2, 0.25) is 0 Å². The lowest BCUT2D eigenvalue weighted by atomic mass is 9.96. The van der Waals surface area contributed by atoms with Crippen LogP contribution in [0.15, 0.2) is 30.3 Å². The van der Waals surface area contributed by atoms with E-state index in [0.717, 1.165) is 0 Å². The molecule has 1 aromatic rings. The van der Waals surface area contributed by atoms with Gasteiger partial charge in [0.15, 0.2) is 18.9 Å². The Balaban J connectivity index is 1.42. The van der Waals surface area contributed by atoms with E-state index in [1.54, 1.807) is 37.3 Å². The van der Waals surface area contributed by atoms with E-state index in [9.17, 15) is 45.6 Å². The summed E-state index contributed by atoms with van der Waals surface area (Å²) in [6.07, 6.45) is -23.0. The molecule has 286 valence electrons. The number of ether oxygens (including phenoxy) is 9. The van der Waals surface area contributed by atoms with Gasteiger partial charge in [-0.15, -0.1) is 0 Å². The zero-order valence-corrected chi connectivity index (χ0v) is 27.5. The first-order chi connectivity index (χ1) is 23.9. The van der Waals surface area contributed by atoms with Crippen molar-refractivity contribution >= 4 is 5.97 Å². The summed E-state index contributed by atoms with van der Waals surface area (Å²) in [4.78, 5) is 11.2. The van der Waals surface area contributed by atoms with E-state index >= 15 is 0 Å². The van der Waals surface area contributed by atoms with E-state index in [-0.39, 0.29) is 19.6 Å². The lowest BCUT2D eigenvalue weighted by molar-refractivity contribution is -0.346. The minimum absolute atomic E-state index is 0.152. The van der Waals surface area contributed by atoms with Crippen LogP contribution in [0.3, 0.4) is 0 Å². The van der Waals surface area contributed by atoms with Crippen molar-refractivity contribution < 1.29 is 93.4 Å². The molecule has 0 spiro atoms. The smallest absolute Gasteiger partial charge is 0.329 e. The number of aliphatic hydroxyl groups excluding tert-OH is 8. The Bertz CT molecular complexity index is 1150. The summed E-state index contributed by atoms with van der Waals surface area (Å²) >= 11 is 0. The van der Waals surface area contributed by atoms with Gasteiger partial charge in [0.1, 0.15) is 92.2 Å². The van der Waals surface area contributed by atoms with E-state index < -0.39 is 124 Å². The third-order valence-corrected chi connectivity index (χ3v) is 8.51. The van der Waals surface area contributed by atoms with E-state index in [2.05, 4.69) is 0 Å². The number of benzene rings is 1. The Morgan fingerprint density at radius 3 is 1.76 bits per heavy atom. The highest BCUT2D eigenvalue weighted by atomic mass is 16.8. The number of hydrogen-bond acceptors (Lipinski definition) is 18. The highest BCUT2D eigenvalue weighted by molar-refractivity contribution is 5.68. The zero-order valence-electron chi connectivity index (χ0n) is 27.5. The monoisotopic (exact) mass is 724 g/mol. The van der Waals surface area contributed by atoms with E-state index in [1.165, 1.54) is 7.11 Å². The second-order valence-electron chi connectivity index (χ2n) is 12.1. The number of aliphatic hydroxyl groups is 8. The Labute approximate surface area is 287 Å². The summed E-state index contributed by atoms with van der Waals surface area (Å²) in [5, 5.41) is 93.6. The van der Waals surface area contributed by atoms with Crippen molar-refractivity contribution in [1.29, 1.82) is 0 Å². The zero-order chi connectivity index (χ0) is 36.5. The second-order valence-corrected chi connectivity index (χ2v) is 12.1. The van der Waals surface area contributed by atoms with Crippen molar-refractivity contribution in [3.8, 4) is 5.75 Å². The quantitative estimate of drug-likeness (QED) is 0.0742. The molecule has 0 bridgehead atoms. The standard InChI is InChI=1S/C31H48O19/c1-3-16-20(35)24(39)27(44-10-14(32)9-43-15-7-5-4-6-8-15)30(48-16)46-12-18-22(37)25(40)28(45-13-19(33)34)31(50-18)47-11-17-21(36)23(38)26(41)29(42-2)49-17/h4-8,14,16-18,20-32,35-41H,3,9-13H2,1-2H3,(H,33,34)/t14?,16?,17?,18?,20-,21-,22-,23?,24?,25?,26+,27+,28+,29+,30+,31+/m1/s1. The van der Waals surface area contributed by atoms with Crippen molar-refractivity contribution in [2.24, 2.45) is 0 Å². The number of carboxylic acids is 1. The molecule has 0 aliphatic carbocycles. The summed E-state index contributed by atoms with van der Waals surface area (Å²) < 4.78 is 50.1.